The van der Waals surface area contributed by atoms with Crippen LogP contribution in [-0.2, 0) is 0 Å². The highest BCUT2D eigenvalue weighted by Gasteiger charge is 2.51. The smallest absolute Gasteiger partial charge is 0.0809 e. The van der Waals surface area contributed by atoms with Gasteiger partial charge in [0.15, 0.2) is 0 Å². The van der Waals surface area contributed by atoms with Crippen LogP contribution < -0.4 is 0 Å². The van der Waals surface area contributed by atoms with E-state index in [0.717, 1.165) is 60.5 Å². The van der Waals surface area contributed by atoms with E-state index in [1.807, 2.05) is 13.8 Å². The topological polar surface area (TPSA) is 121 Å². The Morgan fingerprint density at radius 2 is 0.897 bits per heavy atom. The van der Waals surface area contributed by atoms with Crippen LogP contribution in [0.25, 0.3) is 0 Å². The molecule has 0 radical (unpaired) electrons. The third-order valence-corrected chi connectivity index (χ3v) is 16.6. The summed E-state index contributed by atoms with van der Waals surface area (Å²) in [6.07, 6.45) is 27.9. The van der Waals surface area contributed by atoms with Gasteiger partial charge >= 0.3 is 0 Å². The van der Waals surface area contributed by atoms with Crippen LogP contribution in [0, 0.1) is 46.3 Å². The molecule has 58 heavy (non-hydrogen) atoms. The minimum atomic E-state index is -0.613. The summed E-state index contributed by atoms with van der Waals surface area (Å²) in [4.78, 5) is 0. The Hall–Kier alpha value is -1.80. The average molecular weight is 805 g/mol. The fraction of sp³-hybridized carbons (Fsp3) is 0.769. The van der Waals surface area contributed by atoms with Gasteiger partial charge in [-0.15, -0.1) is 0 Å². The highest BCUT2D eigenvalue weighted by Crippen LogP contribution is 2.61. The van der Waals surface area contributed by atoms with Crippen molar-refractivity contribution in [2.24, 2.45) is 46.3 Å². The lowest BCUT2D eigenvalue weighted by Crippen LogP contribution is -2.36. The Labute approximate surface area is 353 Å². The fourth-order valence-electron chi connectivity index (χ4n) is 13.2. The van der Waals surface area contributed by atoms with E-state index in [4.69, 9.17) is 0 Å². The van der Waals surface area contributed by atoms with Gasteiger partial charge in [-0.1, -0.05) is 113 Å². The molecule has 6 saturated carbocycles. The molecule has 0 aromatic heterocycles. The van der Waals surface area contributed by atoms with Gasteiger partial charge in [-0.25, -0.2) is 0 Å². The van der Waals surface area contributed by atoms with Gasteiger partial charge in [0.1, 0.15) is 0 Å². The molecule has 0 aromatic carbocycles. The maximum atomic E-state index is 10.1. The SMILES string of the molecule is C=C1[C@H](O)CC(=C/C=C2\CCC[C@]3(C)[C@@H]([C@@H](C)CCCC(C)O)CC[C@@H]23)C[C@H]1O.C=C1[C@H](O)CC(=C/C=C2\CCC[C@]3(C)[C@@H]([C@H](C)CCCC(C)O)CC[C@@H]23)C[C@H]1O. The number of hydrogen-bond acceptors (Lipinski definition) is 6. The summed E-state index contributed by atoms with van der Waals surface area (Å²) >= 11 is 0. The average Bonchev–Trinajstić information content (AvgIpc) is 3.71. The predicted octanol–water partition coefficient (Wildman–Crippen LogP) is 10.6. The van der Waals surface area contributed by atoms with Crippen LogP contribution in [0.5, 0.6) is 0 Å². The monoisotopic (exact) mass is 805 g/mol. The van der Waals surface area contributed by atoms with E-state index in [-0.39, 0.29) is 12.2 Å². The van der Waals surface area contributed by atoms with Gasteiger partial charge in [0.05, 0.1) is 36.6 Å². The molecule has 0 saturated heterocycles. The summed E-state index contributed by atoms with van der Waals surface area (Å²) in [7, 11) is 0. The van der Waals surface area contributed by atoms with Crippen molar-refractivity contribution in [2.45, 2.75) is 207 Å². The molecule has 0 bridgehead atoms. The van der Waals surface area contributed by atoms with Gasteiger partial charge in [-0.2, -0.15) is 0 Å². The number of hydrogen-bond donors (Lipinski definition) is 6. The second kappa shape index (κ2) is 20.8. The van der Waals surface area contributed by atoms with Crippen LogP contribution in [0.4, 0.5) is 0 Å². The minimum Gasteiger partial charge on any atom is -0.393 e. The quantitative estimate of drug-likeness (QED) is 0.109. The Bertz CT molecular complexity index is 1370. The molecule has 6 rings (SSSR count). The molecule has 6 nitrogen and oxygen atoms in total. The van der Waals surface area contributed by atoms with Crippen molar-refractivity contribution >= 4 is 0 Å². The first-order valence-corrected chi connectivity index (χ1v) is 23.7. The largest absolute Gasteiger partial charge is 0.393 e. The molecule has 6 aliphatic rings. The van der Waals surface area contributed by atoms with Crippen LogP contribution in [0.3, 0.4) is 0 Å². The summed E-state index contributed by atoms with van der Waals surface area (Å²) in [5, 5.41) is 59.6. The first-order valence-electron chi connectivity index (χ1n) is 23.7. The third-order valence-electron chi connectivity index (χ3n) is 16.6. The third kappa shape index (κ3) is 11.4. The molecule has 0 amide bonds. The first kappa shape index (κ1) is 47.3. The Balaban J connectivity index is 0.000000221. The van der Waals surface area contributed by atoms with Crippen molar-refractivity contribution in [3.8, 4) is 0 Å². The molecular formula is C52H84O6. The zero-order valence-corrected chi connectivity index (χ0v) is 37.5. The van der Waals surface area contributed by atoms with E-state index in [9.17, 15) is 30.6 Å². The lowest BCUT2D eigenvalue weighted by Gasteiger charge is -2.44. The van der Waals surface area contributed by atoms with Crippen molar-refractivity contribution in [3.05, 3.63) is 70.9 Å². The maximum absolute atomic E-state index is 10.1. The molecule has 0 spiro atoms. The standard InChI is InChI=1S/2C26H42O3/c2*1-17(7-5-8-18(2)27)22-12-13-23-21(9-6-14-26(22,23)4)11-10-20-15-24(28)19(3)25(29)16-20/h2*10-11,17-18,22-25,27-29H,3,5-9,12-16H2,1-2,4H3/b2*21-11+/t17-,18?,22+,23-,24+,25+,26+;17-,18?,22-,23+,24-,25-,26-/m01/s1. The second-order valence-corrected chi connectivity index (χ2v) is 20.9. The minimum absolute atomic E-state index is 0.180. The van der Waals surface area contributed by atoms with Gasteiger partial charge in [0, 0.05) is 0 Å². The van der Waals surface area contributed by atoms with Crippen molar-refractivity contribution in [1.82, 2.24) is 0 Å². The van der Waals surface area contributed by atoms with E-state index >= 15 is 0 Å². The van der Waals surface area contributed by atoms with E-state index in [2.05, 4.69) is 65.2 Å². The Kier molecular flexibility index (Phi) is 17.0. The van der Waals surface area contributed by atoms with Gasteiger partial charge in [-0.3, -0.25) is 0 Å². The fourth-order valence-corrected chi connectivity index (χ4v) is 13.2. The van der Waals surface area contributed by atoms with Crippen molar-refractivity contribution in [3.63, 3.8) is 0 Å². The highest BCUT2D eigenvalue weighted by atomic mass is 16.3. The van der Waals surface area contributed by atoms with Crippen LogP contribution in [0.1, 0.15) is 170 Å². The molecule has 0 aromatic rings. The number of aliphatic hydroxyl groups excluding tert-OH is 6. The summed E-state index contributed by atoms with van der Waals surface area (Å²) in [6.45, 7) is 21.3. The molecule has 6 aliphatic carbocycles. The van der Waals surface area contributed by atoms with Crippen LogP contribution >= 0.6 is 0 Å². The summed E-state index contributed by atoms with van der Waals surface area (Å²) < 4.78 is 0. The van der Waals surface area contributed by atoms with Crippen LogP contribution in [0.2, 0.25) is 0 Å². The van der Waals surface area contributed by atoms with Gasteiger partial charge < -0.3 is 30.6 Å². The van der Waals surface area contributed by atoms with E-state index in [1.165, 1.54) is 77.0 Å². The molecule has 328 valence electrons. The normalized spacial score (nSPS) is 38.8. The van der Waals surface area contributed by atoms with Crippen molar-refractivity contribution in [1.29, 1.82) is 0 Å². The molecule has 6 N–H and O–H groups in total. The first-order chi connectivity index (χ1) is 27.4. The van der Waals surface area contributed by atoms with Crippen LogP contribution in [-0.4, -0.2) is 67.3 Å². The van der Waals surface area contributed by atoms with E-state index in [1.54, 1.807) is 11.1 Å². The highest BCUT2D eigenvalue weighted by molar-refractivity contribution is 5.31. The zero-order valence-electron chi connectivity index (χ0n) is 37.5. The molecular weight excluding hydrogens is 721 g/mol. The number of aliphatic hydroxyl groups is 6. The molecule has 0 aliphatic heterocycles. The number of rotatable bonds is 12. The molecule has 6 fully saturated rings. The molecule has 6 heteroatoms. The number of fused-ring (bicyclic) bond motifs is 2. The van der Waals surface area contributed by atoms with E-state index in [0.29, 0.717) is 59.5 Å². The second-order valence-electron chi connectivity index (χ2n) is 20.9. The Morgan fingerprint density at radius 3 is 1.22 bits per heavy atom. The van der Waals surface area contributed by atoms with Crippen LogP contribution in [0.15, 0.2) is 70.9 Å². The van der Waals surface area contributed by atoms with Gasteiger partial charge in [0.25, 0.3) is 0 Å². The maximum Gasteiger partial charge on any atom is 0.0809 e. The number of allylic oxidation sites excluding steroid dienone is 6. The molecule has 14 atom stereocenters. The predicted molar refractivity (Wildman–Crippen MR) is 239 cm³/mol. The zero-order chi connectivity index (χ0) is 42.4. The van der Waals surface area contributed by atoms with Gasteiger partial charge in [-0.05, 0) is 174 Å². The van der Waals surface area contributed by atoms with E-state index < -0.39 is 24.4 Å². The summed E-state index contributed by atoms with van der Waals surface area (Å²) in [5.41, 5.74) is 7.35. The molecule has 0 heterocycles. The Morgan fingerprint density at radius 1 is 0.552 bits per heavy atom. The van der Waals surface area contributed by atoms with Crippen molar-refractivity contribution < 1.29 is 30.6 Å². The summed E-state index contributed by atoms with van der Waals surface area (Å²) in [6, 6.07) is 0. The molecule has 2 unspecified atom stereocenters. The van der Waals surface area contributed by atoms with Crippen molar-refractivity contribution in [2.75, 3.05) is 0 Å². The lowest BCUT2D eigenvalue weighted by atomic mass is 9.60. The summed E-state index contributed by atoms with van der Waals surface area (Å²) in [5.74, 6) is 4.34. The lowest BCUT2D eigenvalue weighted by molar-refractivity contribution is 0.0905. The van der Waals surface area contributed by atoms with Gasteiger partial charge in [0.2, 0.25) is 0 Å².